The Morgan fingerprint density at radius 1 is 0.353 bits per heavy atom. The van der Waals surface area contributed by atoms with Crippen molar-refractivity contribution >= 4 is 32.3 Å². The maximum Gasteiger partial charge on any atom is 0.165 e. The fourth-order valence-electron chi connectivity index (χ4n) is 8.04. The normalized spacial score (nSPS) is 13.1. The predicted molar refractivity (Wildman–Crippen MR) is 212 cm³/mol. The van der Waals surface area contributed by atoms with Crippen LogP contribution in [-0.4, -0.2) is 15.0 Å². The average molecular weight is 652 g/mol. The van der Waals surface area contributed by atoms with Gasteiger partial charge in [0.2, 0.25) is 0 Å². The molecule has 240 valence electrons. The third-order valence-corrected chi connectivity index (χ3v) is 10.7. The summed E-state index contributed by atoms with van der Waals surface area (Å²) in [6.07, 6.45) is 0. The minimum Gasteiger partial charge on any atom is -0.208 e. The number of aromatic nitrogens is 3. The SMILES string of the molecule is CC1(C)c2ccccc2-c2cc(-c3ccc4ccccc4c3-c3nc(-c4ccc5ccccc5c4)nc(-c4ccc5ccccc5c4)n3)ccc21. The molecule has 1 aromatic heterocycles. The molecule has 0 fully saturated rings. The highest BCUT2D eigenvalue weighted by molar-refractivity contribution is 6.04. The fraction of sp³-hybridized carbons (Fsp3) is 0.0625. The monoisotopic (exact) mass is 651 g/mol. The van der Waals surface area contributed by atoms with Gasteiger partial charge < -0.3 is 0 Å². The standard InChI is InChI=1S/C48H33N3/c1-48(2)42-18-10-9-17-40(42)41-29-35(24-26-43(41)48)39-25-23-32-13-7-8-16-38(32)44(39)47-50-45(36-21-19-30-11-3-5-14-33(30)27-36)49-46(51-47)37-22-20-31-12-4-6-15-34(31)28-37/h3-29H,1-2H3. The van der Waals surface area contributed by atoms with Gasteiger partial charge in [-0.05, 0) is 83.9 Å². The number of nitrogens with zero attached hydrogens (tertiary/aromatic N) is 3. The maximum absolute atomic E-state index is 5.31. The van der Waals surface area contributed by atoms with Gasteiger partial charge in [0, 0.05) is 22.1 Å². The lowest BCUT2D eigenvalue weighted by Crippen LogP contribution is -2.14. The molecule has 0 saturated carbocycles. The summed E-state index contributed by atoms with van der Waals surface area (Å²) < 4.78 is 0. The van der Waals surface area contributed by atoms with Crippen molar-refractivity contribution in [2.24, 2.45) is 0 Å². The lowest BCUT2D eigenvalue weighted by Gasteiger charge is -2.21. The van der Waals surface area contributed by atoms with E-state index in [0.29, 0.717) is 17.5 Å². The van der Waals surface area contributed by atoms with Gasteiger partial charge in [-0.1, -0.05) is 159 Å². The van der Waals surface area contributed by atoms with Gasteiger partial charge in [0.1, 0.15) is 0 Å². The zero-order valence-electron chi connectivity index (χ0n) is 28.4. The topological polar surface area (TPSA) is 38.7 Å². The summed E-state index contributed by atoms with van der Waals surface area (Å²) in [5, 5.41) is 6.92. The first kappa shape index (κ1) is 29.5. The Kier molecular flexibility index (Phi) is 6.53. The quantitative estimate of drug-likeness (QED) is 0.190. The van der Waals surface area contributed by atoms with Crippen LogP contribution in [0.5, 0.6) is 0 Å². The van der Waals surface area contributed by atoms with Crippen LogP contribution < -0.4 is 0 Å². The Hall–Kier alpha value is -6.45. The van der Waals surface area contributed by atoms with Crippen LogP contribution in [0.3, 0.4) is 0 Å². The lowest BCUT2D eigenvalue weighted by molar-refractivity contribution is 0.660. The van der Waals surface area contributed by atoms with E-state index in [1.54, 1.807) is 0 Å². The van der Waals surface area contributed by atoms with Crippen molar-refractivity contribution < 1.29 is 0 Å². The summed E-state index contributed by atoms with van der Waals surface area (Å²) in [7, 11) is 0. The molecule has 10 rings (SSSR count). The van der Waals surface area contributed by atoms with Crippen molar-refractivity contribution in [3.05, 3.63) is 175 Å². The predicted octanol–water partition coefficient (Wildman–Crippen LogP) is 12.3. The summed E-state index contributed by atoms with van der Waals surface area (Å²) in [5.41, 5.74) is 10.4. The van der Waals surface area contributed by atoms with Gasteiger partial charge in [0.05, 0.1) is 0 Å². The summed E-state index contributed by atoms with van der Waals surface area (Å²) in [4.78, 5) is 15.8. The maximum atomic E-state index is 5.31. The van der Waals surface area contributed by atoms with Crippen LogP contribution in [0.4, 0.5) is 0 Å². The molecule has 0 saturated heterocycles. The van der Waals surface area contributed by atoms with E-state index >= 15 is 0 Å². The number of rotatable bonds is 4. The molecule has 0 N–H and O–H groups in total. The number of benzene rings is 8. The summed E-state index contributed by atoms with van der Waals surface area (Å²) in [6.45, 7) is 4.65. The smallest absolute Gasteiger partial charge is 0.165 e. The van der Waals surface area contributed by atoms with Crippen LogP contribution in [0, 0.1) is 0 Å². The van der Waals surface area contributed by atoms with E-state index in [1.807, 2.05) is 0 Å². The molecule has 0 radical (unpaired) electrons. The average Bonchev–Trinajstić information content (AvgIpc) is 3.42. The van der Waals surface area contributed by atoms with Gasteiger partial charge in [-0.15, -0.1) is 0 Å². The zero-order chi connectivity index (χ0) is 34.1. The van der Waals surface area contributed by atoms with Crippen molar-refractivity contribution in [2.75, 3.05) is 0 Å². The van der Waals surface area contributed by atoms with Gasteiger partial charge in [0.15, 0.2) is 17.5 Å². The van der Waals surface area contributed by atoms with Crippen molar-refractivity contribution in [1.29, 1.82) is 0 Å². The number of hydrogen-bond acceptors (Lipinski definition) is 3. The van der Waals surface area contributed by atoms with Crippen LogP contribution in [0.25, 0.3) is 88.7 Å². The van der Waals surface area contributed by atoms with Gasteiger partial charge >= 0.3 is 0 Å². The Labute approximate surface area is 297 Å². The highest BCUT2D eigenvalue weighted by atomic mass is 15.0. The molecule has 0 amide bonds. The van der Waals surface area contributed by atoms with E-state index in [0.717, 1.165) is 49.4 Å². The van der Waals surface area contributed by atoms with E-state index in [1.165, 1.54) is 33.0 Å². The number of fused-ring (bicyclic) bond motifs is 6. The fourth-order valence-corrected chi connectivity index (χ4v) is 8.04. The first-order valence-electron chi connectivity index (χ1n) is 17.5. The molecular formula is C48H33N3. The molecule has 3 heteroatoms. The molecule has 51 heavy (non-hydrogen) atoms. The van der Waals surface area contributed by atoms with Crippen LogP contribution in [0.15, 0.2) is 164 Å². The molecule has 0 bridgehead atoms. The van der Waals surface area contributed by atoms with E-state index < -0.39 is 0 Å². The largest absolute Gasteiger partial charge is 0.208 e. The van der Waals surface area contributed by atoms with Crippen LogP contribution in [0.1, 0.15) is 25.0 Å². The second-order valence-electron chi connectivity index (χ2n) is 14.1. The molecular weight excluding hydrogens is 619 g/mol. The summed E-state index contributed by atoms with van der Waals surface area (Å²) in [6, 6.07) is 58.5. The highest BCUT2D eigenvalue weighted by Gasteiger charge is 2.35. The molecule has 0 aliphatic heterocycles. The molecule has 1 aliphatic rings. The molecule has 3 nitrogen and oxygen atoms in total. The highest BCUT2D eigenvalue weighted by Crippen LogP contribution is 2.50. The Balaban J connectivity index is 1.24. The van der Waals surface area contributed by atoms with Crippen molar-refractivity contribution in [3.63, 3.8) is 0 Å². The van der Waals surface area contributed by atoms with E-state index in [2.05, 4.69) is 178 Å². The van der Waals surface area contributed by atoms with Crippen molar-refractivity contribution in [3.8, 4) is 56.4 Å². The number of hydrogen-bond donors (Lipinski definition) is 0. The summed E-state index contributed by atoms with van der Waals surface area (Å²) >= 11 is 0. The van der Waals surface area contributed by atoms with Gasteiger partial charge in [-0.3, -0.25) is 0 Å². The van der Waals surface area contributed by atoms with E-state index in [-0.39, 0.29) is 5.41 Å². The second-order valence-corrected chi connectivity index (χ2v) is 14.1. The van der Waals surface area contributed by atoms with E-state index in [4.69, 9.17) is 15.0 Å². The molecule has 0 unspecified atom stereocenters. The van der Waals surface area contributed by atoms with Crippen LogP contribution in [-0.2, 0) is 5.41 Å². The first-order chi connectivity index (χ1) is 25.0. The minimum absolute atomic E-state index is 0.0611. The molecule has 0 atom stereocenters. The molecule has 0 spiro atoms. The van der Waals surface area contributed by atoms with E-state index in [9.17, 15) is 0 Å². The third-order valence-electron chi connectivity index (χ3n) is 10.7. The molecule has 8 aromatic carbocycles. The van der Waals surface area contributed by atoms with Crippen LogP contribution in [0.2, 0.25) is 0 Å². The zero-order valence-corrected chi connectivity index (χ0v) is 28.4. The molecule has 1 heterocycles. The van der Waals surface area contributed by atoms with Gasteiger partial charge in [-0.2, -0.15) is 0 Å². The molecule has 1 aliphatic carbocycles. The first-order valence-corrected chi connectivity index (χ1v) is 17.5. The second kappa shape index (κ2) is 11.3. The molecule has 9 aromatic rings. The lowest BCUT2D eigenvalue weighted by atomic mass is 9.82. The minimum atomic E-state index is -0.0611. The van der Waals surface area contributed by atoms with Crippen molar-refractivity contribution in [1.82, 2.24) is 15.0 Å². The van der Waals surface area contributed by atoms with Gasteiger partial charge in [-0.25, -0.2) is 15.0 Å². The Morgan fingerprint density at radius 2 is 0.863 bits per heavy atom. The Bertz CT molecular complexity index is 2750. The Morgan fingerprint density at radius 3 is 1.55 bits per heavy atom. The van der Waals surface area contributed by atoms with Crippen molar-refractivity contribution in [2.45, 2.75) is 19.3 Å². The van der Waals surface area contributed by atoms with Gasteiger partial charge in [0.25, 0.3) is 0 Å². The third kappa shape index (κ3) is 4.77. The van der Waals surface area contributed by atoms with Crippen LogP contribution >= 0.6 is 0 Å². The summed E-state index contributed by atoms with van der Waals surface area (Å²) in [5.74, 6) is 1.96.